The molecule has 4 aliphatic carbocycles. The van der Waals surface area contributed by atoms with Crippen LogP contribution in [-0.2, 0) is 11.2 Å². The van der Waals surface area contributed by atoms with Gasteiger partial charge in [0.2, 0.25) is 0 Å². The minimum atomic E-state index is -0.273. The molecule has 0 spiro atoms. The van der Waals surface area contributed by atoms with Crippen molar-refractivity contribution in [3.05, 3.63) is 34.1 Å². The molecule has 4 aliphatic rings. The van der Waals surface area contributed by atoms with Crippen LogP contribution in [0.4, 0.5) is 4.39 Å². The summed E-state index contributed by atoms with van der Waals surface area (Å²) < 4.78 is 14.1. The Hall–Kier alpha value is -0.700. The van der Waals surface area contributed by atoms with Crippen LogP contribution in [0.25, 0.3) is 0 Å². The van der Waals surface area contributed by atoms with Gasteiger partial charge in [-0.25, -0.2) is 4.39 Å². The number of hydrogen-bond donors (Lipinski definition) is 0. The first kappa shape index (κ1) is 13.9. The minimum absolute atomic E-state index is 0.243. The van der Waals surface area contributed by atoms with Crippen molar-refractivity contribution in [3.63, 3.8) is 0 Å². The van der Waals surface area contributed by atoms with E-state index in [-0.39, 0.29) is 11.7 Å². The van der Waals surface area contributed by atoms with Gasteiger partial charge in [0, 0.05) is 12.3 Å². The predicted molar refractivity (Wildman–Crippen MR) is 83.3 cm³/mol. The Morgan fingerprint density at radius 1 is 1.10 bits per heavy atom. The molecule has 5 rings (SSSR count). The molecule has 1 nitrogen and oxygen atoms in total. The Morgan fingerprint density at radius 2 is 1.71 bits per heavy atom. The maximum atomic E-state index is 13.6. The third-order valence-electron chi connectivity index (χ3n) is 5.99. The second-order valence-electron chi connectivity index (χ2n) is 7.31. The number of ketones is 1. The van der Waals surface area contributed by atoms with Crippen LogP contribution in [0.15, 0.2) is 22.7 Å². The van der Waals surface area contributed by atoms with Gasteiger partial charge in [-0.3, -0.25) is 4.79 Å². The average Bonchev–Trinajstić information content (AvgIpc) is 2.42. The van der Waals surface area contributed by atoms with Crippen LogP contribution in [-0.4, -0.2) is 5.78 Å². The second-order valence-corrected chi connectivity index (χ2v) is 8.11. The zero-order chi connectivity index (χ0) is 14.6. The van der Waals surface area contributed by atoms with Gasteiger partial charge in [0.1, 0.15) is 11.6 Å². The highest BCUT2D eigenvalue weighted by Gasteiger charge is 2.50. The Labute approximate surface area is 133 Å². The first-order valence-corrected chi connectivity index (χ1v) is 8.86. The summed E-state index contributed by atoms with van der Waals surface area (Å²) in [6.45, 7) is 0. The summed E-state index contributed by atoms with van der Waals surface area (Å²) in [5, 5.41) is 0. The Morgan fingerprint density at radius 3 is 2.33 bits per heavy atom. The molecule has 4 saturated carbocycles. The Balaban J connectivity index is 1.54. The van der Waals surface area contributed by atoms with Crippen molar-refractivity contribution in [2.45, 2.75) is 38.5 Å². The number of hydrogen-bond acceptors (Lipinski definition) is 1. The summed E-state index contributed by atoms with van der Waals surface area (Å²) in [6.07, 6.45) is 6.82. The molecule has 4 fully saturated rings. The predicted octanol–water partition coefficient (Wildman–Crippen LogP) is 4.77. The number of carbonyl (C=O) groups excluding carboxylic acids is 1. The molecule has 1 aromatic carbocycles. The lowest BCUT2D eigenvalue weighted by molar-refractivity contribution is -0.135. The topological polar surface area (TPSA) is 17.1 Å². The van der Waals surface area contributed by atoms with E-state index in [9.17, 15) is 9.18 Å². The zero-order valence-electron chi connectivity index (χ0n) is 12.0. The molecule has 0 atom stereocenters. The zero-order valence-corrected chi connectivity index (χ0v) is 13.6. The number of rotatable bonds is 3. The van der Waals surface area contributed by atoms with Gasteiger partial charge in [0.25, 0.3) is 0 Å². The molecule has 0 aliphatic heterocycles. The lowest BCUT2D eigenvalue weighted by atomic mass is 9.51. The van der Waals surface area contributed by atoms with Crippen molar-refractivity contribution in [1.82, 2.24) is 0 Å². The molecule has 1 aromatic rings. The number of benzene rings is 1. The molecule has 3 heteroatoms. The third-order valence-corrected chi connectivity index (χ3v) is 6.88. The van der Waals surface area contributed by atoms with Crippen molar-refractivity contribution in [2.24, 2.45) is 29.6 Å². The van der Waals surface area contributed by atoms with E-state index in [1.807, 2.05) is 6.07 Å². The third kappa shape index (κ3) is 2.38. The normalized spacial score (nSPS) is 37.0. The van der Waals surface area contributed by atoms with Gasteiger partial charge in [-0.05, 0) is 83.3 Å². The van der Waals surface area contributed by atoms with Gasteiger partial charge in [-0.15, -0.1) is 0 Å². The molecular formula is C18H20BrFO. The van der Waals surface area contributed by atoms with Crippen molar-refractivity contribution in [2.75, 3.05) is 0 Å². The second kappa shape index (κ2) is 5.19. The van der Waals surface area contributed by atoms with Gasteiger partial charge < -0.3 is 0 Å². The van der Waals surface area contributed by atoms with Gasteiger partial charge >= 0.3 is 0 Å². The summed E-state index contributed by atoms with van der Waals surface area (Å²) in [7, 11) is 0. The standard InChI is InChI=1S/C18H20BrFO/c19-18-12(2-1-3-15(18)20)9-16(21)17-13-5-10-4-11(7-13)8-14(17)6-10/h1-3,10-11,13-14,17H,4-9H2. The highest BCUT2D eigenvalue weighted by molar-refractivity contribution is 9.10. The molecule has 0 radical (unpaired) electrons. The highest BCUT2D eigenvalue weighted by Crippen LogP contribution is 2.56. The molecule has 4 bridgehead atoms. The van der Waals surface area contributed by atoms with Crippen LogP contribution >= 0.6 is 15.9 Å². The fourth-order valence-corrected chi connectivity index (χ4v) is 5.85. The van der Waals surface area contributed by atoms with E-state index in [1.165, 1.54) is 38.2 Å². The van der Waals surface area contributed by atoms with E-state index in [2.05, 4.69) is 15.9 Å². The van der Waals surface area contributed by atoms with Crippen molar-refractivity contribution >= 4 is 21.7 Å². The SMILES string of the molecule is O=C(Cc1cccc(F)c1Br)C1C2CC3CC(C2)CC1C3. The maximum Gasteiger partial charge on any atom is 0.140 e. The molecule has 0 heterocycles. The lowest BCUT2D eigenvalue weighted by Crippen LogP contribution is -2.48. The van der Waals surface area contributed by atoms with Gasteiger partial charge in [0.15, 0.2) is 0 Å². The first-order valence-electron chi connectivity index (χ1n) is 8.07. The maximum absolute atomic E-state index is 13.6. The van der Waals surface area contributed by atoms with Crippen molar-refractivity contribution in [1.29, 1.82) is 0 Å². The van der Waals surface area contributed by atoms with Gasteiger partial charge in [-0.2, -0.15) is 0 Å². The summed E-state index contributed by atoms with van der Waals surface area (Å²) in [6, 6.07) is 4.99. The summed E-state index contributed by atoms with van der Waals surface area (Å²) in [4.78, 5) is 12.8. The number of halogens is 2. The van der Waals surface area contributed by atoms with Crippen molar-refractivity contribution < 1.29 is 9.18 Å². The quantitative estimate of drug-likeness (QED) is 0.767. The Kier molecular flexibility index (Phi) is 3.44. The van der Waals surface area contributed by atoms with Crippen LogP contribution < -0.4 is 0 Å². The minimum Gasteiger partial charge on any atom is -0.299 e. The smallest absolute Gasteiger partial charge is 0.140 e. The lowest BCUT2D eigenvalue weighted by Gasteiger charge is -2.53. The monoisotopic (exact) mass is 350 g/mol. The van der Waals surface area contributed by atoms with Crippen molar-refractivity contribution in [3.8, 4) is 0 Å². The number of Topliss-reactive ketones (excluding diaryl/α,β-unsaturated/α-hetero) is 1. The van der Waals surface area contributed by atoms with E-state index in [4.69, 9.17) is 0 Å². The van der Waals surface area contributed by atoms with Gasteiger partial charge in [0.05, 0.1) is 4.47 Å². The molecule has 21 heavy (non-hydrogen) atoms. The molecule has 0 aromatic heterocycles. The van der Waals surface area contributed by atoms with E-state index >= 15 is 0 Å². The van der Waals surface area contributed by atoms with E-state index in [0.717, 1.165) is 17.4 Å². The van der Waals surface area contributed by atoms with Crippen LogP contribution in [0.2, 0.25) is 0 Å². The fraction of sp³-hybridized carbons (Fsp3) is 0.611. The van der Waals surface area contributed by atoms with Crippen LogP contribution in [0.1, 0.15) is 37.7 Å². The molecule has 0 unspecified atom stereocenters. The van der Waals surface area contributed by atoms with Gasteiger partial charge in [-0.1, -0.05) is 12.1 Å². The van der Waals surface area contributed by atoms with E-state index in [1.54, 1.807) is 6.07 Å². The fourth-order valence-electron chi connectivity index (χ4n) is 5.44. The molecular weight excluding hydrogens is 331 g/mol. The van der Waals surface area contributed by atoms with E-state index in [0.29, 0.717) is 28.5 Å². The summed E-state index contributed by atoms with van der Waals surface area (Å²) in [5.41, 5.74) is 0.800. The average molecular weight is 351 g/mol. The molecule has 0 saturated heterocycles. The summed E-state index contributed by atoms with van der Waals surface area (Å²) in [5.74, 6) is 3.31. The number of carbonyl (C=O) groups is 1. The first-order chi connectivity index (χ1) is 10.1. The molecule has 112 valence electrons. The largest absolute Gasteiger partial charge is 0.299 e. The molecule has 0 N–H and O–H groups in total. The van der Waals surface area contributed by atoms with Crippen LogP contribution in [0.3, 0.4) is 0 Å². The van der Waals surface area contributed by atoms with Crippen LogP contribution in [0, 0.1) is 35.4 Å². The van der Waals surface area contributed by atoms with E-state index < -0.39 is 0 Å². The Bertz CT molecular complexity index is 555. The highest BCUT2D eigenvalue weighted by atomic mass is 79.9. The summed E-state index contributed by atoms with van der Waals surface area (Å²) >= 11 is 3.28. The van der Waals surface area contributed by atoms with Crippen LogP contribution in [0.5, 0.6) is 0 Å². The molecule has 0 amide bonds.